The number of nitrogens with one attached hydrogen (secondary N) is 2. The third-order valence-corrected chi connectivity index (χ3v) is 9.10. The maximum atomic E-state index is 13.4. The van der Waals surface area contributed by atoms with Crippen LogP contribution in [0.4, 0.5) is 0 Å². The number of fused-ring (bicyclic) bond motifs is 1. The van der Waals surface area contributed by atoms with E-state index in [0.29, 0.717) is 24.2 Å². The second-order valence-corrected chi connectivity index (χ2v) is 11.7. The summed E-state index contributed by atoms with van der Waals surface area (Å²) in [5.74, 6) is 1.90. The molecule has 3 heterocycles. The van der Waals surface area contributed by atoms with E-state index in [4.69, 9.17) is 0 Å². The molecule has 2 saturated carbocycles. The largest absolute Gasteiger partial charge is 0.342 e. The first-order valence-electron chi connectivity index (χ1n) is 13.5. The Hall–Kier alpha value is -2.67. The predicted molar refractivity (Wildman–Crippen MR) is 130 cm³/mol. The maximum Gasteiger partial charge on any atom is 0.244 e. The fourth-order valence-corrected chi connectivity index (χ4v) is 6.71. The van der Waals surface area contributed by atoms with Gasteiger partial charge in [-0.3, -0.25) is 19.7 Å². The predicted octanol–water partition coefficient (Wildman–Crippen LogP) is 2.39. The highest BCUT2D eigenvalue weighted by molar-refractivity contribution is 5.92. The number of amides is 3. The summed E-state index contributed by atoms with van der Waals surface area (Å²) in [5.41, 5.74) is 3.10. The smallest absolute Gasteiger partial charge is 0.244 e. The molecule has 0 aromatic carbocycles. The van der Waals surface area contributed by atoms with Crippen LogP contribution < -0.4 is 10.6 Å². The first kappa shape index (κ1) is 21.6. The van der Waals surface area contributed by atoms with Crippen molar-refractivity contribution in [2.75, 3.05) is 19.6 Å². The fraction of sp³-hybridized carbons (Fsp3) is 0.607. The molecule has 2 N–H and O–H groups in total. The lowest BCUT2D eigenvalue weighted by atomic mass is 9.83. The van der Waals surface area contributed by atoms with Crippen LogP contribution in [0.15, 0.2) is 47.2 Å². The molecule has 4 atom stereocenters. The van der Waals surface area contributed by atoms with E-state index in [1.54, 1.807) is 0 Å². The third kappa shape index (κ3) is 3.79. The highest BCUT2D eigenvalue weighted by atomic mass is 16.2. The Balaban J connectivity index is 1.02. The molecule has 0 aromatic rings. The zero-order chi connectivity index (χ0) is 23.7. The number of hydrogen-bond acceptors (Lipinski definition) is 4. The summed E-state index contributed by atoms with van der Waals surface area (Å²) in [6.07, 6.45) is 18.6. The van der Waals surface area contributed by atoms with E-state index < -0.39 is 0 Å². The van der Waals surface area contributed by atoms with Gasteiger partial charge in [0.25, 0.3) is 0 Å². The highest BCUT2D eigenvalue weighted by Crippen LogP contribution is 2.45. The average molecular weight is 475 g/mol. The molecule has 0 bridgehead atoms. The van der Waals surface area contributed by atoms with Crippen LogP contribution in [0, 0.1) is 23.7 Å². The van der Waals surface area contributed by atoms with Crippen molar-refractivity contribution in [2.24, 2.45) is 23.7 Å². The van der Waals surface area contributed by atoms with Crippen molar-refractivity contribution in [2.45, 2.75) is 63.1 Å². The summed E-state index contributed by atoms with van der Waals surface area (Å²) in [7, 11) is 0. The van der Waals surface area contributed by atoms with Crippen molar-refractivity contribution in [1.82, 2.24) is 20.4 Å². The molecule has 1 spiro atoms. The van der Waals surface area contributed by atoms with Gasteiger partial charge in [-0.25, -0.2) is 0 Å². The van der Waals surface area contributed by atoms with Gasteiger partial charge in [0, 0.05) is 43.1 Å². The van der Waals surface area contributed by atoms with Crippen molar-refractivity contribution in [3.8, 4) is 0 Å². The van der Waals surface area contributed by atoms with Crippen LogP contribution in [0.3, 0.4) is 0 Å². The molecule has 0 radical (unpaired) electrons. The van der Waals surface area contributed by atoms with Gasteiger partial charge in [0.15, 0.2) is 0 Å². The van der Waals surface area contributed by atoms with E-state index >= 15 is 0 Å². The lowest BCUT2D eigenvalue weighted by molar-refractivity contribution is -0.132. The molecule has 3 saturated heterocycles. The standard InChI is InChI=1S/C28H34N4O3/c33-24-14-22-13-21(7-8-23(22)29-24)18-1-3-19(4-2-18)25-30-28(10-11-28)27(35)32(25)16-17-9-12-31(15-17)26(34)20-5-6-20/h1-3,8,13,17,19-21,25,30H,4-7,9-12,14-16H2,(H,29,33)/t17-,19?,21?,25?/m1/s1. The van der Waals surface area contributed by atoms with Gasteiger partial charge in [-0.1, -0.05) is 30.4 Å². The molecule has 5 fully saturated rings. The second-order valence-electron chi connectivity index (χ2n) is 11.7. The van der Waals surface area contributed by atoms with E-state index in [1.807, 2.05) is 4.90 Å². The molecular weight excluding hydrogens is 440 g/mol. The van der Waals surface area contributed by atoms with E-state index in [1.165, 1.54) is 5.57 Å². The summed E-state index contributed by atoms with van der Waals surface area (Å²) in [6.45, 7) is 2.39. The Morgan fingerprint density at radius 1 is 1.11 bits per heavy atom. The van der Waals surface area contributed by atoms with Crippen molar-refractivity contribution in [1.29, 1.82) is 0 Å². The number of nitrogens with zero attached hydrogens (tertiary/aromatic N) is 2. The minimum Gasteiger partial charge on any atom is -0.342 e. The molecule has 184 valence electrons. The number of rotatable bonds is 5. The zero-order valence-electron chi connectivity index (χ0n) is 20.2. The summed E-state index contributed by atoms with van der Waals surface area (Å²) in [5, 5.41) is 6.67. The van der Waals surface area contributed by atoms with Gasteiger partial charge >= 0.3 is 0 Å². The molecule has 3 unspecified atom stereocenters. The number of hydrogen-bond donors (Lipinski definition) is 2. The van der Waals surface area contributed by atoms with Crippen molar-refractivity contribution >= 4 is 17.7 Å². The molecule has 0 aromatic heterocycles. The lowest BCUT2D eigenvalue weighted by Crippen LogP contribution is -2.45. The van der Waals surface area contributed by atoms with E-state index in [-0.39, 0.29) is 35.4 Å². The Morgan fingerprint density at radius 2 is 1.97 bits per heavy atom. The minimum absolute atomic E-state index is 0.0279. The van der Waals surface area contributed by atoms with Gasteiger partial charge in [-0.05, 0) is 62.0 Å². The zero-order valence-corrected chi connectivity index (χ0v) is 20.2. The van der Waals surface area contributed by atoms with Crippen LogP contribution in [0.25, 0.3) is 0 Å². The number of likely N-dealkylation sites (tertiary alicyclic amines) is 1. The number of allylic oxidation sites excluding steroid dienone is 6. The van der Waals surface area contributed by atoms with E-state index in [9.17, 15) is 14.4 Å². The Kier molecular flexibility index (Phi) is 4.89. The molecular formula is C28H34N4O3. The van der Waals surface area contributed by atoms with Gasteiger partial charge in [0.2, 0.25) is 17.7 Å². The Morgan fingerprint density at radius 3 is 2.71 bits per heavy atom. The van der Waals surface area contributed by atoms with Gasteiger partial charge in [-0.2, -0.15) is 0 Å². The van der Waals surface area contributed by atoms with Crippen LogP contribution in [0.1, 0.15) is 51.4 Å². The quantitative estimate of drug-likeness (QED) is 0.641. The fourth-order valence-electron chi connectivity index (χ4n) is 6.71. The molecule has 4 aliphatic carbocycles. The van der Waals surface area contributed by atoms with E-state index in [0.717, 1.165) is 75.9 Å². The molecule has 3 aliphatic heterocycles. The Bertz CT molecular complexity index is 1110. The maximum absolute atomic E-state index is 13.4. The molecule has 7 heteroatoms. The normalized spacial score (nSPS) is 35.1. The van der Waals surface area contributed by atoms with Crippen LogP contribution in [0.5, 0.6) is 0 Å². The van der Waals surface area contributed by atoms with Crippen LogP contribution in [0.2, 0.25) is 0 Å². The lowest BCUT2D eigenvalue weighted by Gasteiger charge is -2.33. The summed E-state index contributed by atoms with van der Waals surface area (Å²) in [6, 6.07) is 0. The van der Waals surface area contributed by atoms with Crippen LogP contribution in [-0.4, -0.2) is 58.9 Å². The third-order valence-electron chi connectivity index (χ3n) is 9.10. The van der Waals surface area contributed by atoms with Gasteiger partial charge in [0.05, 0.1) is 18.1 Å². The van der Waals surface area contributed by atoms with Crippen molar-refractivity contribution in [3.63, 3.8) is 0 Å². The number of carbonyl (C=O) groups excluding carboxylic acids is 3. The average Bonchev–Trinajstić information content (AvgIpc) is 3.76. The number of carbonyl (C=O) groups is 3. The summed E-state index contributed by atoms with van der Waals surface area (Å²) in [4.78, 5) is 41.8. The minimum atomic E-state index is -0.332. The van der Waals surface area contributed by atoms with Crippen LogP contribution >= 0.6 is 0 Å². The summed E-state index contributed by atoms with van der Waals surface area (Å²) < 4.78 is 0. The molecule has 7 nitrogen and oxygen atoms in total. The first-order chi connectivity index (χ1) is 17.0. The Labute approximate surface area is 206 Å². The van der Waals surface area contributed by atoms with Crippen LogP contribution in [-0.2, 0) is 14.4 Å². The monoisotopic (exact) mass is 474 g/mol. The summed E-state index contributed by atoms with van der Waals surface area (Å²) >= 11 is 0. The second kappa shape index (κ2) is 7.92. The first-order valence-corrected chi connectivity index (χ1v) is 13.5. The topological polar surface area (TPSA) is 81.8 Å². The van der Waals surface area contributed by atoms with Gasteiger partial charge < -0.3 is 15.1 Å². The van der Waals surface area contributed by atoms with Gasteiger partial charge in [-0.15, -0.1) is 0 Å². The molecule has 7 aliphatic rings. The van der Waals surface area contributed by atoms with Crippen molar-refractivity contribution in [3.05, 3.63) is 47.2 Å². The van der Waals surface area contributed by atoms with Gasteiger partial charge in [0.1, 0.15) is 0 Å². The molecule has 7 rings (SSSR count). The highest BCUT2D eigenvalue weighted by Gasteiger charge is 2.60. The SMILES string of the molecule is O=C1CC2=CC(C3=CCC(C4NC5(CC5)C(=O)N4C[C@@H]4CCN(C(=O)C5CC5)C4)C=C3)CC=C2N1. The molecule has 3 amide bonds. The van der Waals surface area contributed by atoms with E-state index in [2.05, 4.69) is 45.9 Å². The van der Waals surface area contributed by atoms with Crippen molar-refractivity contribution < 1.29 is 14.4 Å². The molecule has 35 heavy (non-hydrogen) atoms.